The molecule has 0 saturated carbocycles. The van der Waals surface area contributed by atoms with E-state index in [0.717, 1.165) is 9.37 Å². The highest BCUT2D eigenvalue weighted by atomic mass is 79.9. The Morgan fingerprint density at radius 3 is 2.83 bits per heavy atom. The molecule has 0 heterocycles. The van der Waals surface area contributed by atoms with E-state index in [9.17, 15) is 4.79 Å². The summed E-state index contributed by atoms with van der Waals surface area (Å²) in [5.74, 6) is -0.170. The number of rotatable bonds is 6. The monoisotopic (exact) mass is 333 g/mol. The highest BCUT2D eigenvalue weighted by molar-refractivity contribution is 9.10. The largest absolute Gasteiger partial charge is 0.382 e. The van der Waals surface area contributed by atoms with Gasteiger partial charge in [0.05, 0.1) is 18.3 Å². The third-order valence-electron chi connectivity index (χ3n) is 2.37. The zero-order valence-electron chi connectivity index (χ0n) is 10.3. The van der Waals surface area contributed by atoms with E-state index in [4.69, 9.17) is 9.47 Å². The molecule has 0 saturated heterocycles. The molecule has 1 aromatic rings. The van der Waals surface area contributed by atoms with Crippen LogP contribution in [0.3, 0.4) is 0 Å². The van der Waals surface area contributed by atoms with Crippen molar-refractivity contribution in [3.8, 4) is 0 Å². The van der Waals surface area contributed by atoms with Gasteiger partial charge in [-0.25, -0.2) is 0 Å². The Morgan fingerprint density at radius 2 is 2.22 bits per heavy atom. The van der Waals surface area contributed by atoms with Gasteiger partial charge in [-0.05, 0) is 34.1 Å². The van der Waals surface area contributed by atoms with Gasteiger partial charge in [0.15, 0.2) is 0 Å². The van der Waals surface area contributed by atoms with Crippen LogP contribution in [0.15, 0.2) is 27.6 Å². The van der Waals surface area contributed by atoms with Crippen LogP contribution in [0, 0.1) is 0 Å². The van der Waals surface area contributed by atoms with E-state index in [1.165, 1.54) is 0 Å². The second kappa shape index (κ2) is 7.78. The van der Waals surface area contributed by atoms with Crippen molar-refractivity contribution in [1.29, 1.82) is 0 Å². The summed E-state index contributed by atoms with van der Waals surface area (Å²) in [5.41, 5.74) is 0.551. The molecule has 1 rings (SSSR count). The number of hydrogen-bond donors (Lipinski definition) is 2. The zero-order chi connectivity index (χ0) is 13.5. The van der Waals surface area contributed by atoms with E-state index in [1.54, 1.807) is 26.4 Å². The molecule has 0 bridgehead atoms. The lowest BCUT2D eigenvalue weighted by atomic mass is 10.2. The summed E-state index contributed by atoms with van der Waals surface area (Å²) >= 11 is 7.55. The maximum Gasteiger partial charge on any atom is 0.252 e. The average Bonchev–Trinajstić information content (AvgIpc) is 2.37. The number of thiol groups is 1. The van der Waals surface area contributed by atoms with E-state index in [2.05, 4.69) is 33.9 Å². The number of halogens is 1. The van der Waals surface area contributed by atoms with Gasteiger partial charge in [-0.2, -0.15) is 0 Å². The molecular weight excluding hydrogens is 318 g/mol. The molecule has 0 aliphatic rings. The Bertz CT molecular complexity index is 414. The molecule has 4 nitrogen and oxygen atoms in total. The SMILES string of the molecule is COCC(CNC(=O)c1cc(S)ccc1Br)OC. The Hall–Kier alpha value is -0.560. The van der Waals surface area contributed by atoms with E-state index in [1.807, 2.05) is 6.07 Å². The summed E-state index contributed by atoms with van der Waals surface area (Å²) in [6.07, 6.45) is -0.156. The maximum atomic E-state index is 12.0. The van der Waals surface area contributed by atoms with Crippen LogP contribution in [0.5, 0.6) is 0 Å². The quantitative estimate of drug-likeness (QED) is 0.784. The lowest BCUT2D eigenvalue weighted by Gasteiger charge is -2.15. The van der Waals surface area contributed by atoms with Gasteiger partial charge in [0.2, 0.25) is 0 Å². The average molecular weight is 334 g/mol. The molecule has 0 fully saturated rings. The van der Waals surface area contributed by atoms with Crippen LogP contribution in [-0.4, -0.2) is 39.4 Å². The predicted octanol–water partition coefficient (Wildman–Crippen LogP) is 2.13. The highest BCUT2D eigenvalue weighted by Crippen LogP contribution is 2.20. The molecule has 0 aliphatic carbocycles. The molecule has 1 atom stereocenters. The molecule has 0 aliphatic heterocycles. The van der Waals surface area contributed by atoms with E-state index < -0.39 is 0 Å². The third-order valence-corrected chi connectivity index (χ3v) is 3.34. The summed E-state index contributed by atoms with van der Waals surface area (Å²) in [4.78, 5) is 12.7. The van der Waals surface area contributed by atoms with Gasteiger partial charge in [-0.1, -0.05) is 0 Å². The van der Waals surface area contributed by atoms with Crippen molar-refractivity contribution in [1.82, 2.24) is 5.32 Å². The first-order chi connectivity index (χ1) is 8.58. The van der Waals surface area contributed by atoms with Crippen LogP contribution in [0.4, 0.5) is 0 Å². The van der Waals surface area contributed by atoms with Gasteiger partial charge in [-0.3, -0.25) is 4.79 Å². The van der Waals surface area contributed by atoms with Crippen molar-refractivity contribution in [2.45, 2.75) is 11.0 Å². The lowest BCUT2D eigenvalue weighted by molar-refractivity contribution is 0.0285. The summed E-state index contributed by atoms with van der Waals surface area (Å²) in [7, 11) is 3.18. The molecule has 1 unspecified atom stereocenters. The fourth-order valence-electron chi connectivity index (χ4n) is 1.39. The molecule has 100 valence electrons. The topological polar surface area (TPSA) is 47.6 Å². The van der Waals surface area contributed by atoms with E-state index in [0.29, 0.717) is 18.7 Å². The second-order valence-electron chi connectivity index (χ2n) is 3.69. The number of nitrogens with one attached hydrogen (secondary N) is 1. The number of benzene rings is 1. The van der Waals surface area contributed by atoms with Gasteiger partial charge < -0.3 is 14.8 Å². The molecule has 0 aromatic heterocycles. The normalized spacial score (nSPS) is 12.2. The molecule has 1 aromatic carbocycles. The standard InChI is InChI=1S/C12H16BrNO3S/c1-16-7-8(17-2)6-14-12(15)10-5-9(18)3-4-11(10)13/h3-5,8,18H,6-7H2,1-2H3,(H,14,15). The molecule has 6 heteroatoms. The minimum atomic E-state index is -0.170. The molecule has 0 radical (unpaired) electrons. The summed E-state index contributed by atoms with van der Waals surface area (Å²) in [6, 6.07) is 5.31. The van der Waals surface area contributed by atoms with Crippen molar-refractivity contribution in [3.05, 3.63) is 28.2 Å². The van der Waals surface area contributed by atoms with Gasteiger partial charge in [0, 0.05) is 30.1 Å². The van der Waals surface area contributed by atoms with E-state index >= 15 is 0 Å². The van der Waals surface area contributed by atoms with Crippen LogP contribution >= 0.6 is 28.6 Å². The third kappa shape index (κ3) is 4.61. The number of hydrogen-bond acceptors (Lipinski definition) is 4. The Balaban J connectivity index is 2.62. The molecule has 1 amide bonds. The van der Waals surface area contributed by atoms with Crippen LogP contribution in [-0.2, 0) is 9.47 Å². The minimum Gasteiger partial charge on any atom is -0.382 e. The predicted molar refractivity (Wildman–Crippen MR) is 76.4 cm³/mol. The van der Waals surface area contributed by atoms with Crippen molar-refractivity contribution in [2.24, 2.45) is 0 Å². The number of amides is 1. The smallest absolute Gasteiger partial charge is 0.252 e. The highest BCUT2D eigenvalue weighted by Gasteiger charge is 2.13. The Kier molecular flexibility index (Phi) is 6.70. The van der Waals surface area contributed by atoms with Gasteiger partial charge in [-0.15, -0.1) is 12.6 Å². The molecular formula is C12H16BrNO3S. The van der Waals surface area contributed by atoms with Crippen molar-refractivity contribution >= 4 is 34.5 Å². The summed E-state index contributed by atoms with van der Waals surface area (Å²) in [5, 5.41) is 2.79. The Morgan fingerprint density at radius 1 is 1.50 bits per heavy atom. The van der Waals surface area contributed by atoms with Crippen LogP contribution < -0.4 is 5.32 Å². The first kappa shape index (κ1) is 15.5. The Labute approximate surface area is 121 Å². The number of ether oxygens (including phenoxy) is 2. The number of carbonyl (C=O) groups excluding carboxylic acids is 1. The van der Waals surface area contributed by atoms with Crippen molar-refractivity contribution in [2.75, 3.05) is 27.4 Å². The van der Waals surface area contributed by atoms with Crippen LogP contribution in [0.25, 0.3) is 0 Å². The van der Waals surface area contributed by atoms with Crippen molar-refractivity contribution in [3.63, 3.8) is 0 Å². The maximum absolute atomic E-state index is 12.0. The molecule has 1 N–H and O–H groups in total. The second-order valence-corrected chi connectivity index (χ2v) is 5.06. The fourth-order valence-corrected chi connectivity index (χ4v) is 2.02. The van der Waals surface area contributed by atoms with Crippen molar-refractivity contribution < 1.29 is 14.3 Å². The van der Waals surface area contributed by atoms with E-state index in [-0.39, 0.29) is 12.0 Å². The fraction of sp³-hybridized carbons (Fsp3) is 0.417. The van der Waals surface area contributed by atoms with Gasteiger partial charge in [0.25, 0.3) is 5.91 Å². The zero-order valence-corrected chi connectivity index (χ0v) is 12.8. The first-order valence-electron chi connectivity index (χ1n) is 5.37. The molecule has 18 heavy (non-hydrogen) atoms. The first-order valence-corrected chi connectivity index (χ1v) is 6.61. The summed E-state index contributed by atoms with van der Waals surface area (Å²) in [6.45, 7) is 0.830. The lowest BCUT2D eigenvalue weighted by Crippen LogP contribution is -2.35. The molecule has 0 spiro atoms. The number of methoxy groups -OCH3 is 2. The van der Waals surface area contributed by atoms with Crippen LogP contribution in [0.2, 0.25) is 0 Å². The summed E-state index contributed by atoms with van der Waals surface area (Å²) < 4.78 is 10.9. The van der Waals surface area contributed by atoms with Crippen LogP contribution in [0.1, 0.15) is 10.4 Å². The van der Waals surface area contributed by atoms with Gasteiger partial charge in [0.1, 0.15) is 0 Å². The number of carbonyl (C=O) groups is 1. The minimum absolute atomic E-state index is 0.156. The van der Waals surface area contributed by atoms with Gasteiger partial charge >= 0.3 is 0 Å².